The topological polar surface area (TPSA) is 85.9 Å². The molecule has 2 heterocycles. The van der Waals surface area contributed by atoms with Crippen LogP contribution >= 0.6 is 0 Å². The molecule has 0 fully saturated rings. The molecule has 0 aromatic heterocycles. The van der Waals surface area contributed by atoms with Gasteiger partial charge >= 0.3 is 6.09 Å². The van der Waals surface area contributed by atoms with Gasteiger partial charge in [-0.1, -0.05) is 93.1 Å². The first-order chi connectivity index (χ1) is 21.5. The Morgan fingerprint density at radius 3 is 2.34 bits per heavy atom. The van der Waals surface area contributed by atoms with Gasteiger partial charge in [0.1, 0.15) is 25.0 Å². The summed E-state index contributed by atoms with van der Waals surface area (Å²) >= 11 is 0. The summed E-state index contributed by atoms with van der Waals surface area (Å²) in [5, 5.41) is 6.01. The van der Waals surface area contributed by atoms with E-state index >= 15 is 0 Å². The first-order valence-electron chi connectivity index (χ1n) is 15.9. The van der Waals surface area contributed by atoms with E-state index in [2.05, 4.69) is 60.9 Å². The van der Waals surface area contributed by atoms with E-state index in [1.54, 1.807) is 0 Å². The van der Waals surface area contributed by atoms with Crippen molar-refractivity contribution in [2.75, 3.05) is 26.4 Å². The molecule has 0 spiro atoms. The Kier molecular flexibility index (Phi) is 11.1. The maximum Gasteiger partial charge on any atom is 0.407 e. The number of nitrogens with one attached hydrogen (secondary N) is 2. The fourth-order valence-corrected chi connectivity index (χ4v) is 5.82. The first kappa shape index (κ1) is 31.3. The van der Waals surface area contributed by atoms with Crippen molar-refractivity contribution < 1.29 is 23.8 Å². The lowest BCUT2D eigenvalue weighted by atomic mass is 9.98. The minimum absolute atomic E-state index is 0.0642. The molecule has 0 radical (unpaired) electrons. The normalized spacial score (nSPS) is 20.6. The summed E-state index contributed by atoms with van der Waals surface area (Å²) in [5.41, 5.74) is 5.51. The van der Waals surface area contributed by atoms with E-state index in [1.807, 2.05) is 48.5 Å². The number of hydrogen-bond donors (Lipinski definition) is 2. The highest BCUT2D eigenvalue weighted by Crippen LogP contribution is 2.44. The number of allylic oxidation sites excluding steroid dienone is 1. The zero-order valence-corrected chi connectivity index (χ0v) is 25.8. The minimum Gasteiger partial charge on any atom is -0.490 e. The molecular formula is C37H44N2O5. The molecule has 0 saturated heterocycles. The summed E-state index contributed by atoms with van der Waals surface area (Å²) in [5.74, 6) is 0.593. The maximum atomic E-state index is 13.7. The average Bonchev–Trinajstić information content (AvgIpc) is 3.35. The number of amides is 2. The van der Waals surface area contributed by atoms with Crippen LogP contribution in [0.5, 0.6) is 5.75 Å². The van der Waals surface area contributed by atoms with Crippen molar-refractivity contribution in [2.45, 2.75) is 64.0 Å². The standard InChI is InChI=1S/C37H44N2O5/c1-26(2)35-25-42-21-11-5-3-4-6-12-22-43-28-19-17-27(18-20-28)23-34(36(40)38-35)39-37(41)44-24-33-31-15-9-7-13-29(31)30-14-8-10-16-32(30)33/h6-10,12-20,26,33-35H,3-5,11,21-25H2,1-2H3,(H,38,40)(H,39,41)/b12-6-/t34-,35-/m1/s1. The number of hydrogen-bond acceptors (Lipinski definition) is 5. The second-order valence-electron chi connectivity index (χ2n) is 11.9. The zero-order chi connectivity index (χ0) is 30.7. The lowest BCUT2D eigenvalue weighted by Gasteiger charge is -2.26. The lowest BCUT2D eigenvalue weighted by molar-refractivity contribution is -0.124. The van der Waals surface area contributed by atoms with Crippen LogP contribution in [0.25, 0.3) is 11.1 Å². The number of carbonyl (C=O) groups excluding carboxylic acids is 2. The molecule has 3 aromatic rings. The molecule has 2 aliphatic heterocycles. The van der Waals surface area contributed by atoms with Crippen molar-refractivity contribution in [2.24, 2.45) is 5.92 Å². The first-order valence-corrected chi connectivity index (χ1v) is 15.9. The van der Waals surface area contributed by atoms with Gasteiger partial charge in [-0.25, -0.2) is 4.79 Å². The number of fused-ring (bicyclic) bond motifs is 19. The molecule has 0 unspecified atom stereocenters. The number of benzene rings is 3. The summed E-state index contributed by atoms with van der Waals surface area (Å²) < 4.78 is 17.6. The monoisotopic (exact) mass is 596 g/mol. The van der Waals surface area contributed by atoms with Crippen molar-refractivity contribution >= 4 is 12.0 Å². The third-order valence-corrected chi connectivity index (χ3v) is 8.42. The van der Waals surface area contributed by atoms with Crippen LogP contribution in [0.4, 0.5) is 4.79 Å². The predicted molar refractivity (Wildman–Crippen MR) is 173 cm³/mol. The summed E-state index contributed by atoms with van der Waals surface area (Å²) in [6.07, 6.45) is 8.07. The maximum absolute atomic E-state index is 13.7. The van der Waals surface area contributed by atoms with Crippen molar-refractivity contribution in [1.82, 2.24) is 10.6 Å². The van der Waals surface area contributed by atoms with Crippen LogP contribution in [0.2, 0.25) is 0 Å². The zero-order valence-electron chi connectivity index (χ0n) is 25.8. The molecule has 7 nitrogen and oxygen atoms in total. The van der Waals surface area contributed by atoms with Gasteiger partial charge in [0.05, 0.1) is 12.6 Å². The van der Waals surface area contributed by atoms with E-state index in [1.165, 1.54) is 0 Å². The van der Waals surface area contributed by atoms with Crippen LogP contribution in [0, 0.1) is 5.92 Å². The van der Waals surface area contributed by atoms with Crippen molar-refractivity contribution in [3.05, 3.63) is 102 Å². The predicted octanol–water partition coefficient (Wildman–Crippen LogP) is 6.80. The van der Waals surface area contributed by atoms with Gasteiger partial charge in [0.15, 0.2) is 0 Å². The van der Waals surface area contributed by atoms with Gasteiger partial charge in [-0.3, -0.25) is 4.79 Å². The highest BCUT2D eigenvalue weighted by Gasteiger charge is 2.30. The van der Waals surface area contributed by atoms with E-state index in [0.29, 0.717) is 26.2 Å². The van der Waals surface area contributed by atoms with Gasteiger partial charge in [-0.05, 0) is 65.1 Å². The van der Waals surface area contributed by atoms with Crippen LogP contribution in [-0.2, 0) is 20.7 Å². The Hall–Kier alpha value is -4.10. The molecule has 44 heavy (non-hydrogen) atoms. The summed E-state index contributed by atoms with van der Waals surface area (Å²) in [6.45, 7) is 5.88. The highest BCUT2D eigenvalue weighted by molar-refractivity contribution is 5.86. The Morgan fingerprint density at radius 1 is 0.932 bits per heavy atom. The number of carbonyl (C=O) groups is 2. The smallest absolute Gasteiger partial charge is 0.407 e. The van der Waals surface area contributed by atoms with E-state index in [9.17, 15) is 9.59 Å². The molecule has 232 valence electrons. The summed E-state index contributed by atoms with van der Waals surface area (Å²) in [6, 6.07) is 23.1. The fraction of sp³-hybridized carbons (Fsp3) is 0.405. The van der Waals surface area contributed by atoms with Crippen LogP contribution in [-0.4, -0.2) is 50.5 Å². The number of rotatable bonds is 4. The van der Waals surface area contributed by atoms with Crippen LogP contribution in [0.3, 0.4) is 0 Å². The SMILES string of the molecule is CC(C)[C@H]1COCCCCC/C=C\COc2ccc(cc2)C[C@@H](NC(=O)OCC2c3ccccc3-c3ccccc32)C(=O)N1. The lowest BCUT2D eigenvalue weighted by Crippen LogP contribution is -2.53. The van der Waals surface area contributed by atoms with Crippen LogP contribution in [0.1, 0.15) is 62.1 Å². The van der Waals surface area contributed by atoms with E-state index in [4.69, 9.17) is 14.2 Å². The van der Waals surface area contributed by atoms with Gasteiger partial charge in [-0.2, -0.15) is 0 Å². The second kappa shape index (κ2) is 15.6. The summed E-state index contributed by atoms with van der Waals surface area (Å²) in [7, 11) is 0. The Bertz CT molecular complexity index is 1370. The van der Waals surface area contributed by atoms with Gasteiger partial charge in [0.25, 0.3) is 0 Å². The largest absolute Gasteiger partial charge is 0.490 e. The quantitative estimate of drug-likeness (QED) is 0.324. The number of ether oxygens (including phenoxy) is 3. The summed E-state index contributed by atoms with van der Waals surface area (Å²) in [4.78, 5) is 26.9. The number of alkyl carbamates (subject to hydrolysis) is 1. The molecule has 3 aliphatic rings. The van der Waals surface area contributed by atoms with Crippen molar-refractivity contribution in [3.63, 3.8) is 0 Å². The minimum atomic E-state index is -0.827. The molecule has 2 amide bonds. The fourth-order valence-electron chi connectivity index (χ4n) is 5.82. The molecule has 7 heteroatoms. The third kappa shape index (κ3) is 8.29. The molecule has 2 N–H and O–H groups in total. The van der Waals surface area contributed by atoms with Crippen molar-refractivity contribution in [3.8, 4) is 16.9 Å². The Labute approximate surface area is 261 Å². The van der Waals surface area contributed by atoms with E-state index in [-0.39, 0.29) is 30.4 Å². The van der Waals surface area contributed by atoms with E-state index in [0.717, 1.165) is 59.3 Å². The van der Waals surface area contributed by atoms with Gasteiger partial charge in [0, 0.05) is 18.9 Å². The van der Waals surface area contributed by atoms with Crippen molar-refractivity contribution in [1.29, 1.82) is 0 Å². The van der Waals surface area contributed by atoms with Gasteiger partial charge < -0.3 is 24.8 Å². The highest BCUT2D eigenvalue weighted by atomic mass is 16.5. The average molecular weight is 597 g/mol. The van der Waals surface area contributed by atoms with Crippen LogP contribution in [0.15, 0.2) is 84.9 Å². The second-order valence-corrected chi connectivity index (χ2v) is 11.9. The molecule has 6 rings (SSSR count). The van der Waals surface area contributed by atoms with E-state index < -0.39 is 12.1 Å². The Morgan fingerprint density at radius 2 is 1.64 bits per heavy atom. The third-order valence-electron chi connectivity index (χ3n) is 8.42. The molecular weight excluding hydrogens is 552 g/mol. The Balaban J connectivity index is 1.29. The van der Waals surface area contributed by atoms with Gasteiger partial charge in [-0.15, -0.1) is 0 Å². The molecule has 2 bridgehead atoms. The molecule has 0 saturated carbocycles. The molecule has 2 atom stereocenters. The van der Waals surface area contributed by atoms with Crippen LogP contribution < -0.4 is 15.4 Å². The van der Waals surface area contributed by atoms with Gasteiger partial charge in [0.2, 0.25) is 5.91 Å². The molecule has 1 aliphatic carbocycles. The molecule has 3 aromatic carbocycles.